The molecule has 0 spiro atoms. The van der Waals surface area contributed by atoms with Crippen molar-refractivity contribution in [2.75, 3.05) is 31.6 Å². The zero-order valence-corrected chi connectivity index (χ0v) is 15.9. The van der Waals surface area contributed by atoms with Crippen molar-refractivity contribution < 1.29 is 14.3 Å². The average molecular weight is 373 g/mol. The van der Waals surface area contributed by atoms with Crippen molar-refractivity contribution in [3.8, 4) is 5.75 Å². The van der Waals surface area contributed by atoms with Gasteiger partial charge in [0.25, 0.3) is 11.8 Å². The molecule has 138 valence electrons. The number of rotatable bonds is 4. The molecule has 2 aliphatic heterocycles. The Balaban J connectivity index is 1.92. The van der Waals surface area contributed by atoms with Crippen LogP contribution in [0, 0.1) is 0 Å². The number of methoxy groups -OCH3 is 1. The largest absolute Gasteiger partial charge is 0.496 e. The second-order valence-electron chi connectivity index (χ2n) is 6.34. The van der Waals surface area contributed by atoms with Crippen LogP contribution in [0.25, 0.3) is 6.08 Å². The molecule has 6 nitrogen and oxygen atoms in total. The molecule has 2 heterocycles. The minimum absolute atomic E-state index is 0.0597. The number of nitrogens with zero attached hydrogens (tertiary/aromatic N) is 2. The molecule has 2 amide bonds. The van der Waals surface area contributed by atoms with Crippen LogP contribution in [0.3, 0.4) is 0 Å². The SMILES string of the molecule is CCN1C(=O)/C(=C/c2ccc(N3CCCCC3)cc2OC)C(=O)NC1=S. The third-order valence-corrected chi connectivity index (χ3v) is 5.06. The fourth-order valence-corrected chi connectivity index (χ4v) is 3.61. The van der Waals surface area contributed by atoms with Crippen molar-refractivity contribution >= 4 is 40.9 Å². The number of carbonyl (C=O) groups is 2. The standard InChI is InChI=1S/C19H23N3O3S/c1-3-22-18(24)15(17(23)20-19(22)26)11-13-7-8-14(12-16(13)25-2)21-9-5-4-6-10-21/h7-8,11-12H,3-6,9-10H2,1-2H3,(H,20,23,26)/b15-11+. The maximum absolute atomic E-state index is 12.6. The predicted octanol–water partition coefficient (Wildman–Crippen LogP) is 2.33. The monoisotopic (exact) mass is 373 g/mol. The van der Waals surface area contributed by atoms with Gasteiger partial charge in [-0.05, 0) is 56.6 Å². The van der Waals surface area contributed by atoms with E-state index < -0.39 is 5.91 Å². The second kappa shape index (κ2) is 7.86. The number of carbonyl (C=O) groups excluding carboxylic acids is 2. The van der Waals surface area contributed by atoms with Gasteiger partial charge in [0.05, 0.1) is 7.11 Å². The van der Waals surface area contributed by atoms with E-state index in [2.05, 4.69) is 10.2 Å². The van der Waals surface area contributed by atoms with Crippen LogP contribution in [0.1, 0.15) is 31.7 Å². The number of ether oxygens (including phenoxy) is 1. The first-order valence-electron chi connectivity index (χ1n) is 8.87. The van der Waals surface area contributed by atoms with E-state index in [9.17, 15) is 9.59 Å². The molecule has 3 rings (SSSR count). The summed E-state index contributed by atoms with van der Waals surface area (Å²) >= 11 is 5.05. The number of hydrogen-bond donors (Lipinski definition) is 1. The Hall–Kier alpha value is -2.41. The summed E-state index contributed by atoms with van der Waals surface area (Å²) in [6, 6.07) is 5.86. The minimum Gasteiger partial charge on any atom is -0.496 e. The van der Waals surface area contributed by atoms with Gasteiger partial charge in [0, 0.05) is 37.0 Å². The van der Waals surface area contributed by atoms with Crippen LogP contribution in [0.2, 0.25) is 0 Å². The van der Waals surface area contributed by atoms with Gasteiger partial charge in [-0.2, -0.15) is 0 Å². The molecule has 2 aliphatic rings. The molecule has 0 radical (unpaired) electrons. The highest BCUT2D eigenvalue weighted by atomic mass is 32.1. The minimum atomic E-state index is -0.480. The first kappa shape index (κ1) is 18.4. The molecule has 26 heavy (non-hydrogen) atoms. The Morgan fingerprint density at radius 1 is 1.23 bits per heavy atom. The Kier molecular flexibility index (Phi) is 5.56. The number of amides is 2. The van der Waals surface area contributed by atoms with Gasteiger partial charge in [0.1, 0.15) is 11.3 Å². The van der Waals surface area contributed by atoms with Crippen molar-refractivity contribution in [1.82, 2.24) is 10.2 Å². The summed E-state index contributed by atoms with van der Waals surface area (Å²) in [6.07, 6.45) is 5.22. The highest BCUT2D eigenvalue weighted by Crippen LogP contribution is 2.29. The van der Waals surface area contributed by atoms with Crippen molar-refractivity contribution in [2.24, 2.45) is 0 Å². The van der Waals surface area contributed by atoms with Crippen molar-refractivity contribution in [3.63, 3.8) is 0 Å². The molecule has 2 saturated heterocycles. The number of thiocarbonyl (C=S) groups is 1. The third kappa shape index (κ3) is 3.58. The zero-order chi connectivity index (χ0) is 18.7. The molecule has 1 aromatic rings. The van der Waals surface area contributed by atoms with E-state index in [0.717, 1.165) is 18.8 Å². The Labute approximate surface area is 158 Å². The fourth-order valence-electron chi connectivity index (χ4n) is 3.30. The first-order valence-corrected chi connectivity index (χ1v) is 9.27. The first-order chi connectivity index (χ1) is 12.5. The van der Waals surface area contributed by atoms with E-state index in [-0.39, 0.29) is 16.6 Å². The summed E-state index contributed by atoms with van der Waals surface area (Å²) in [4.78, 5) is 28.5. The van der Waals surface area contributed by atoms with Crippen LogP contribution in [-0.4, -0.2) is 48.6 Å². The van der Waals surface area contributed by atoms with Gasteiger partial charge in [-0.15, -0.1) is 0 Å². The summed E-state index contributed by atoms with van der Waals surface area (Å²) in [7, 11) is 1.59. The van der Waals surface area contributed by atoms with Gasteiger partial charge in [-0.25, -0.2) is 0 Å². The summed E-state index contributed by atoms with van der Waals surface area (Å²) < 4.78 is 5.51. The van der Waals surface area contributed by atoms with Gasteiger partial charge in [0.2, 0.25) is 0 Å². The molecule has 0 bridgehead atoms. The average Bonchev–Trinajstić information content (AvgIpc) is 2.66. The number of piperidine rings is 1. The molecular weight excluding hydrogens is 350 g/mol. The highest BCUT2D eigenvalue weighted by molar-refractivity contribution is 7.80. The van der Waals surface area contributed by atoms with Crippen LogP contribution in [0.5, 0.6) is 5.75 Å². The van der Waals surface area contributed by atoms with E-state index in [1.165, 1.54) is 24.2 Å². The van der Waals surface area contributed by atoms with Crippen LogP contribution >= 0.6 is 12.2 Å². The molecule has 1 N–H and O–H groups in total. The number of nitrogens with one attached hydrogen (secondary N) is 1. The van der Waals surface area contributed by atoms with Crippen LogP contribution in [-0.2, 0) is 9.59 Å². The van der Waals surface area contributed by atoms with E-state index in [1.807, 2.05) is 25.1 Å². The smallest absolute Gasteiger partial charge is 0.265 e. The van der Waals surface area contributed by atoms with Crippen molar-refractivity contribution in [2.45, 2.75) is 26.2 Å². The van der Waals surface area contributed by atoms with Crippen LogP contribution < -0.4 is 15.0 Å². The molecular formula is C19H23N3O3S. The maximum Gasteiger partial charge on any atom is 0.265 e. The molecule has 0 saturated carbocycles. The Morgan fingerprint density at radius 2 is 1.96 bits per heavy atom. The van der Waals surface area contributed by atoms with Gasteiger partial charge >= 0.3 is 0 Å². The summed E-state index contributed by atoms with van der Waals surface area (Å²) in [5.74, 6) is -0.229. The Morgan fingerprint density at radius 3 is 2.62 bits per heavy atom. The van der Waals surface area contributed by atoms with Crippen molar-refractivity contribution in [3.05, 3.63) is 29.3 Å². The van der Waals surface area contributed by atoms with Gasteiger partial charge in [-0.1, -0.05) is 0 Å². The highest BCUT2D eigenvalue weighted by Gasteiger charge is 2.32. The quantitative estimate of drug-likeness (QED) is 0.499. The predicted molar refractivity (Wildman–Crippen MR) is 105 cm³/mol. The van der Waals surface area contributed by atoms with Gasteiger partial charge in [0.15, 0.2) is 5.11 Å². The summed E-state index contributed by atoms with van der Waals surface area (Å²) in [5, 5.41) is 2.71. The zero-order valence-electron chi connectivity index (χ0n) is 15.1. The lowest BCUT2D eigenvalue weighted by molar-refractivity contribution is -0.128. The lowest BCUT2D eigenvalue weighted by Crippen LogP contribution is -2.53. The third-order valence-electron chi connectivity index (χ3n) is 4.74. The lowest BCUT2D eigenvalue weighted by Gasteiger charge is -2.29. The number of likely N-dealkylation sites (N-methyl/N-ethyl adjacent to an activating group) is 1. The topological polar surface area (TPSA) is 61.9 Å². The van der Waals surface area contributed by atoms with Crippen LogP contribution in [0.15, 0.2) is 23.8 Å². The fraction of sp³-hybridized carbons (Fsp3) is 0.421. The van der Waals surface area contributed by atoms with Gasteiger partial charge in [-0.3, -0.25) is 19.8 Å². The molecule has 0 atom stereocenters. The van der Waals surface area contributed by atoms with E-state index in [1.54, 1.807) is 13.2 Å². The van der Waals surface area contributed by atoms with E-state index in [0.29, 0.717) is 17.9 Å². The molecule has 0 unspecified atom stereocenters. The molecule has 7 heteroatoms. The second-order valence-corrected chi connectivity index (χ2v) is 6.73. The van der Waals surface area contributed by atoms with Crippen LogP contribution in [0.4, 0.5) is 5.69 Å². The lowest BCUT2D eigenvalue weighted by atomic mass is 10.0. The maximum atomic E-state index is 12.6. The van der Waals surface area contributed by atoms with E-state index >= 15 is 0 Å². The van der Waals surface area contributed by atoms with E-state index in [4.69, 9.17) is 17.0 Å². The van der Waals surface area contributed by atoms with Gasteiger partial charge < -0.3 is 9.64 Å². The molecule has 2 fully saturated rings. The molecule has 1 aromatic carbocycles. The number of anilines is 1. The molecule has 0 aromatic heterocycles. The number of hydrogen-bond acceptors (Lipinski definition) is 5. The Bertz CT molecular complexity index is 769. The summed E-state index contributed by atoms with van der Waals surface area (Å²) in [6.45, 7) is 4.29. The molecule has 0 aliphatic carbocycles. The van der Waals surface area contributed by atoms with Crippen molar-refractivity contribution in [1.29, 1.82) is 0 Å². The summed E-state index contributed by atoms with van der Waals surface area (Å²) in [5.41, 5.74) is 1.85. The normalized spacial score (nSPS) is 19.8. The number of benzene rings is 1.